The smallest absolute Gasteiger partial charge is 0.274 e. The molecule has 2 aliphatic rings. The predicted molar refractivity (Wildman–Crippen MR) is 70.9 cm³/mol. The Morgan fingerprint density at radius 1 is 1.39 bits per heavy atom. The third kappa shape index (κ3) is 2.12. The molecule has 0 radical (unpaired) electrons. The molecular weight excluding hydrogens is 252 g/mol. The maximum Gasteiger partial charge on any atom is 0.274 e. The van der Waals surface area contributed by atoms with Gasteiger partial charge in [0.05, 0.1) is 0 Å². The number of likely N-dealkylation sites (tertiary alicyclic amines) is 1. The molecule has 3 rings (SSSR count). The van der Waals surface area contributed by atoms with E-state index >= 15 is 0 Å². The Morgan fingerprint density at radius 3 is 2.50 bits per heavy atom. The molecule has 0 spiro atoms. The highest BCUT2D eigenvalue weighted by molar-refractivity contribution is 5.92. The number of fused-ring (bicyclic) bond motifs is 1. The zero-order valence-electron chi connectivity index (χ0n) is 10.7. The first-order valence-electron chi connectivity index (χ1n) is 6.16. The zero-order valence-corrected chi connectivity index (χ0v) is 11.5. The molecular formula is C12H19ClN4O. The Balaban J connectivity index is 0.00000120. The van der Waals surface area contributed by atoms with E-state index in [9.17, 15) is 4.79 Å². The lowest BCUT2D eigenvalue weighted by atomic mass is 10.0. The molecule has 2 atom stereocenters. The van der Waals surface area contributed by atoms with E-state index < -0.39 is 0 Å². The van der Waals surface area contributed by atoms with Crippen LogP contribution in [0.5, 0.6) is 0 Å². The molecule has 6 heteroatoms. The number of carbonyl (C=O) groups is 1. The van der Waals surface area contributed by atoms with Gasteiger partial charge in [0.15, 0.2) is 5.69 Å². The van der Waals surface area contributed by atoms with Crippen LogP contribution in [0.4, 0.5) is 0 Å². The molecule has 1 aromatic heterocycles. The monoisotopic (exact) mass is 270 g/mol. The number of halogens is 1. The largest absolute Gasteiger partial charge is 0.337 e. The van der Waals surface area contributed by atoms with E-state index in [1.54, 1.807) is 4.68 Å². The standard InChI is InChI=1S/C12H18N4O.ClH/c1-8-3-11(14-15(8)2)12(17)16-6-9-4-13-5-10(9)7-16;/h3,9-10,13H,4-7H2,1-2H3;1H/t9-,10+;. The molecule has 0 aromatic carbocycles. The van der Waals surface area contributed by atoms with Crippen molar-refractivity contribution in [2.75, 3.05) is 26.2 Å². The summed E-state index contributed by atoms with van der Waals surface area (Å²) in [6.07, 6.45) is 0. The Hall–Kier alpha value is -1.07. The summed E-state index contributed by atoms with van der Waals surface area (Å²) in [5.74, 6) is 1.37. The van der Waals surface area contributed by atoms with Crippen molar-refractivity contribution in [2.24, 2.45) is 18.9 Å². The van der Waals surface area contributed by atoms with E-state index in [1.165, 1.54) is 0 Å². The molecule has 100 valence electrons. The third-order valence-corrected chi connectivity index (χ3v) is 4.01. The van der Waals surface area contributed by atoms with Crippen LogP contribution in [-0.4, -0.2) is 46.8 Å². The van der Waals surface area contributed by atoms with Crippen molar-refractivity contribution in [1.29, 1.82) is 0 Å². The third-order valence-electron chi connectivity index (χ3n) is 4.01. The minimum Gasteiger partial charge on any atom is -0.337 e. The molecule has 0 aliphatic carbocycles. The molecule has 1 N–H and O–H groups in total. The maximum absolute atomic E-state index is 12.3. The van der Waals surface area contributed by atoms with Crippen LogP contribution >= 0.6 is 12.4 Å². The van der Waals surface area contributed by atoms with E-state index in [2.05, 4.69) is 10.4 Å². The number of aromatic nitrogens is 2. The first-order chi connectivity index (χ1) is 8.15. The van der Waals surface area contributed by atoms with Crippen LogP contribution < -0.4 is 5.32 Å². The summed E-state index contributed by atoms with van der Waals surface area (Å²) >= 11 is 0. The second-order valence-corrected chi connectivity index (χ2v) is 5.18. The molecule has 18 heavy (non-hydrogen) atoms. The molecule has 2 aliphatic heterocycles. The molecule has 3 heterocycles. The minimum atomic E-state index is 0. The second kappa shape index (κ2) is 4.90. The Bertz CT molecular complexity index is 427. The number of hydrogen-bond acceptors (Lipinski definition) is 3. The summed E-state index contributed by atoms with van der Waals surface area (Å²) in [5.41, 5.74) is 1.60. The van der Waals surface area contributed by atoms with Crippen LogP contribution in [0.15, 0.2) is 6.07 Å². The number of amides is 1. The number of nitrogens with one attached hydrogen (secondary N) is 1. The first-order valence-corrected chi connectivity index (χ1v) is 6.16. The van der Waals surface area contributed by atoms with Crippen LogP contribution in [0.3, 0.4) is 0 Å². The summed E-state index contributed by atoms with van der Waals surface area (Å²) < 4.78 is 1.76. The van der Waals surface area contributed by atoms with Gasteiger partial charge in [0.2, 0.25) is 0 Å². The predicted octanol–water partition coefficient (Wildman–Crippen LogP) is 0.442. The summed E-state index contributed by atoms with van der Waals surface area (Å²) in [7, 11) is 1.87. The number of aryl methyl sites for hydroxylation is 2. The van der Waals surface area contributed by atoms with Crippen molar-refractivity contribution in [2.45, 2.75) is 6.92 Å². The van der Waals surface area contributed by atoms with Crippen molar-refractivity contribution in [1.82, 2.24) is 20.0 Å². The first kappa shape index (κ1) is 13.4. The Labute approximate surface area is 113 Å². The summed E-state index contributed by atoms with van der Waals surface area (Å²) in [6, 6.07) is 1.87. The van der Waals surface area contributed by atoms with Crippen LogP contribution in [0.2, 0.25) is 0 Å². The quantitative estimate of drug-likeness (QED) is 0.806. The summed E-state index contributed by atoms with van der Waals surface area (Å²) in [4.78, 5) is 14.2. The van der Waals surface area contributed by atoms with Crippen molar-refractivity contribution in [3.63, 3.8) is 0 Å². The number of hydrogen-bond donors (Lipinski definition) is 1. The van der Waals surface area contributed by atoms with Gasteiger partial charge in [0.1, 0.15) is 0 Å². The fourth-order valence-corrected chi connectivity index (χ4v) is 2.85. The van der Waals surface area contributed by atoms with Gasteiger partial charge in [0, 0.05) is 38.9 Å². The normalized spacial score (nSPS) is 26.0. The SMILES string of the molecule is Cc1cc(C(=O)N2C[C@H]3CNC[C@H]3C2)nn1C.Cl. The number of rotatable bonds is 1. The van der Waals surface area contributed by atoms with Gasteiger partial charge in [-0.1, -0.05) is 0 Å². The zero-order chi connectivity index (χ0) is 12.0. The van der Waals surface area contributed by atoms with Crippen LogP contribution in [-0.2, 0) is 7.05 Å². The van der Waals surface area contributed by atoms with Crippen LogP contribution in [0.1, 0.15) is 16.2 Å². The van der Waals surface area contributed by atoms with E-state index in [4.69, 9.17) is 0 Å². The van der Waals surface area contributed by atoms with E-state index in [0.29, 0.717) is 17.5 Å². The molecule has 0 bridgehead atoms. The average molecular weight is 271 g/mol. The Kier molecular flexibility index (Phi) is 3.64. The lowest BCUT2D eigenvalue weighted by molar-refractivity contribution is 0.0775. The minimum absolute atomic E-state index is 0. The van der Waals surface area contributed by atoms with Gasteiger partial charge in [-0.25, -0.2) is 0 Å². The summed E-state index contributed by atoms with van der Waals surface area (Å²) in [5, 5.41) is 7.64. The lowest BCUT2D eigenvalue weighted by Gasteiger charge is -2.15. The Morgan fingerprint density at radius 2 is 2.00 bits per heavy atom. The second-order valence-electron chi connectivity index (χ2n) is 5.18. The van der Waals surface area contributed by atoms with Crippen LogP contribution in [0.25, 0.3) is 0 Å². The van der Waals surface area contributed by atoms with E-state index in [-0.39, 0.29) is 18.3 Å². The lowest BCUT2D eigenvalue weighted by Crippen LogP contribution is -2.32. The molecule has 1 amide bonds. The highest BCUT2D eigenvalue weighted by Crippen LogP contribution is 2.27. The van der Waals surface area contributed by atoms with Crippen molar-refractivity contribution < 1.29 is 4.79 Å². The van der Waals surface area contributed by atoms with Crippen molar-refractivity contribution in [3.05, 3.63) is 17.5 Å². The van der Waals surface area contributed by atoms with Crippen molar-refractivity contribution >= 4 is 18.3 Å². The molecule has 2 saturated heterocycles. The molecule has 0 unspecified atom stereocenters. The topological polar surface area (TPSA) is 50.2 Å². The van der Waals surface area contributed by atoms with E-state index in [1.807, 2.05) is 24.9 Å². The van der Waals surface area contributed by atoms with Gasteiger partial charge in [-0.3, -0.25) is 9.48 Å². The van der Waals surface area contributed by atoms with Gasteiger partial charge in [-0.2, -0.15) is 5.10 Å². The number of nitrogens with zero attached hydrogens (tertiary/aromatic N) is 3. The molecule has 0 saturated carbocycles. The summed E-state index contributed by atoms with van der Waals surface area (Å²) in [6.45, 7) is 5.83. The van der Waals surface area contributed by atoms with Gasteiger partial charge in [0.25, 0.3) is 5.91 Å². The molecule has 5 nitrogen and oxygen atoms in total. The molecule has 1 aromatic rings. The average Bonchev–Trinajstić information content (AvgIpc) is 2.92. The fraction of sp³-hybridized carbons (Fsp3) is 0.667. The van der Waals surface area contributed by atoms with Gasteiger partial charge < -0.3 is 10.2 Å². The highest BCUT2D eigenvalue weighted by Gasteiger charge is 2.38. The maximum atomic E-state index is 12.3. The van der Waals surface area contributed by atoms with E-state index in [0.717, 1.165) is 31.9 Å². The van der Waals surface area contributed by atoms with Gasteiger partial charge >= 0.3 is 0 Å². The number of carbonyl (C=O) groups excluding carboxylic acids is 1. The molecule has 2 fully saturated rings. The fourth-order valence-electron chi connectivity index (χ4n) is 2.85. The van der Waals surface area contributed by atoms with Crippen molar-refractivity contribution in [3.8, 4) is 0 Å². The highest BCUT2D eigenvalue weighted by atomic mass is 35.5. The van der Waals surface area contributed by atoms with Crippen LogP contribution in [0, 0.1) is 18.8 Å². The van der Waals surface area contributed by atoms with Gasteiger partial charge in [-0.15, -0.1) is 12.4 Å². The van der Waals surface area contributed by atoms with Gasteiger partial charge in [-0.05, 0) is 24.8 Å².